The molecular formula is C25H21FN2O5S. The predicted octanol–water partition coefficient (Wildman–Crippen LogP) is 3.93. The van der Waals surface area contributed by atoms with Gasteiger partial charge in [-0.25, -0.2) is 17.6 Å². The monoisotopic (exact) mass is 480 g/mol. The first-order valence-corrected chi connectivity index (χ1v) is 12.3. The lowest BCUT2D eigenvalue weighted by Crippen LogP contribution is -2.45. The van der Waals surface area contributed by atoms with Crippen molar-refractivity contribution in [3.63, 3.8) is 0 Å². The van der Waals surface area contributed by atoms with Crippen LogP contribution in [0.15, 0.2) is 77.7 Å². The molecule has 9 heteroatoms. The van der Waals surface area contributed by atoms with E-state index in [2.05, 4.69) is 4.72 Å². The minimum atomic E-state index is -4.10. The highest BCUT2D eigenvalue weighted by atomic mass is 32.2. The zero-order chi connectivity index (χ0) is 23.9. The lowest BCUT2D eigenvalue weighted by atomic mass is 9.83. The van der Waals surface area contributed by atoms with Gasteiger partial charge in [0.2, 0.25) is 0 Å². The molecule has 1 saturated heterocycles. The van der Waals surface area contributed by atoms with E-state index in [4.69, 9.17) is 4.74 Å². The molecule has 0 aromatic heterocycles. The third kappa shape index (κ3) is 3.81. The molecule has 7 nitrogen and oxygen atoms in total. The molecule has 3 aromatic carbocycles. The van der Waals surface area contributed by atoms with E-state index >= 15 is 0 Å². The first-order chi connectivity index (χ1) is 16.3. The number of anilines is 1. The summed E-state index contributed by atoms with van der Waals surface area (Å²) in [4.78, 5) is 26.5. The molecule has 174 valence electrons. The number of sulfonamides is 1. The Morgan fingerprint density at radius 1 is 0.941 bits per heavy atom. The van der Waals surface area contributed by atoms with Gasteiger partial charge >= 0.3 is 5.97 Å². The van der Waals surface area contributed by atoms with Crippen LogP contribution in [0.1, 0.15) is 39.1 Å². The van der Waals surface area contributed by atoms with Crippen LogP contribution in [-0.4, -0.2) is 38.3 Å². The molecule has 0 atom stereocenters. The fraction of sp³-hybridized carbons (Fsp3) is 0.200. The van der Waals surface area contributed by atoms with Crippen molar-refractivity contribution in [2.75, 3.05) is 17.8 Å². The summed E-state index contributed by atoms with van der Waals surface area (Å²) < 4.78 is 46.9. The first kappa shape index (κ1) is 22.1. The number of hydrogen-bond acceptors (Lipinski definition) is 5. The SMILES string of the molecule is O=C1OC2(CCN(C(=O)c3ccc(NS(=O)(=O)c4ccccc4F)cc3)CC2)c2ccccc21. The molecule has 2 heterocycles. The van der Waals surface area contributed by atoms with Gasteiger partial charge in [-0.15, -0.1) is 0 Å². The summed E-state index contributed by atoms with van der Waals surface area (Å²) >= 11 is 0. The van der Waals surface area contributed by atoms with Crippen LogP contribution in [0.5, 0.6) is 0 Å². The Kier molecular flexibility index (Phi) is 5.36. The summed E-state index contributed by atoms with van der Waals surface area (Å²) in [5.41, 5.74) is 1.37. The highest BCUT2D eigenvalue weighted by Crippen LogP contribution is 2.44. The molecule has 2 aliphatic rings. The van der Waals surface area contributed by atoms with Crippen LogP contribution < -0.4 is 4.72 Å². The summed E-state index contributed by atoms with van der Waals surface area (Å²) in [5.74, 6) is -1.37. The number of halogens is 1. The number of esters is 1. The number of ether oxygens (including phenoxy) is 1. The Balaban J connectivity index is 1.26. The molecule has 0 unspecified atom stereocenters. The maximum Gasteiger partial charge on any atom is 0.339 e. The Hall–Kier alpha value is -3.72. The van der Waals surface area contributed by atoms with E-state index in [0.29, 0.717) is 37.1 Å². The van der Waals surface area contributed by atoms with Crippen molar-refractivity contribution in [2.24, 2.45) is 0 Å². The molecule has 1 amide bonds. The van der Waals surface area contributed by atoms with Crippen LogP contribution in [0.4, 0.5) is 10.1 Å². The van der Waals surface area contributed by atoms with Crippen LogP contribution in [0.25, 0.3) is 0 Å². The third-order valence-corrected chi connectivity index (χ3v) is 7.71. The van der Waals surface area contributed by atoms with Crippen molar-refractivity contribution in [3.8, 4) is 0 Å². The second-order valence-electron chi connectivity index (χ2n) is 8.33. The Morgan fingerprint density at radius 2 is 1.59 bits per heavy atom. The van der Waals surface area contributed by atoms with Gasteiger partial charge < -0.3 is 9.64 Å². The molecule has 0 bridgehead atoms. The number of piperidine rings is 1. The van der Waals surface area contributed by atoms with Crippen LogP contribution in [0.3, 0.4) is 0 Å². The van der Waals surface area contributed by atoms with Crippen molar-refractivity contribution >= 4 is 27.6 Å². The molecule has 0 saturated carbocycles. The van der Waals surface area contributed by atoms with Crippen molar-refractivity contribution < 1.29 is 27.1 Å². The lowest BCUT2D eigenvalue weighted by molar-refractivity contribution is -0.0389. The highest BCUT2D eigenvalue weighted by Gasteiger charge is 2.47. The molecule has 1 spiro atoms. The number of rotatable bonds is 4. The first-order valence-electron chi connectivity index (χ1n) is 10.8. The van der Waals surface area contributed by atoms with E-state index in [-0.39, 0.29) is 17.6 Å². The van der Waals surface area contributed by atoms with E-state index < -0.39 is 26.3 Å². The Bertz CT molecular complexity index is 1380. The number of carbonyl (C=O) groups is 2. The lowest BCUT2D eigenvalue weighted by Gasteiger charge is -2.38. The van der Waals surface area contributed by atoms with Gasteiger partial charge in [0, 0.05) is 42.7 Å². The molecule has 1 N–H and O–H groups in total. The molecule has 1 fully saturated rings. The topological polar surface area (TPSA) is 92.8 Å². The van der Waals surface area contributed by atoms with Gasteiger partial charge in [0.1, 0.15) is 16.3 Å². The maximum atomic E-state index is 13.9. The largest absolute Gasteiger partial charge is 0.450 e. The van der Waals surface area contributed by atoms with E-state index in [1.165, 1.54) is 42.5 Å². The van der Waals surface area contributed by atoms with E-state index in [9.17, 15) is 22.4 Å². The van der Waals surface area contributed by atoms with Gasteiger partial charge in [-0.3, -0.25) is 9.52 Å². The number of nitrogens with one attached hydrogen (secondary N) is 1. The van der Waals surface area contributed by atoms with Crippen LogP contribution >= 0.6 is 0 Å². The van der Waals surface area contributed by atoms with E-state index in [1.807, 2.05) is 12.1 Å². The average Bonchev–Trinajstić information content (AvgIpc) is 3.11. The van der Waals surface area contributed by atoms with Gasteiger partial charge in [-0.05, 0) is 42.5 Å². The number of carbonyl (C=O) groups excluding carboxylic acids is 2. The summed E-state index contributed by atoms with van der Waals surface area (Å²) in [6.45, 7) is 0.838. The highest BCUT2D eigenvalue weighted by molar-refractivity contribution is 7.92. The summed E-state index contributed by atoms with van der Waals surface area (Å²) in [6, 6.07) is 18.4. The average molecular weight is 481 g/mol. The minimum Gasteiger partial charge on any atom is -0.450 e. The number of nitrogens with zero attached hydrogens (tertiary/aromatic N) is 1. The maximum absolute atomic E-state index is 13.9. The Labute approximate surface area is 196 Å². The third-order valence-electron chi connectivity index (χ3n) is 6.29. The van der Waals surface area contributed by atoms with Crippen molar-refractivity contribution in [3.05, 3.63) is 95.3 Å². The molecule has 34 heavy (non-hydrogen) atoms. The number of amides is 1. The number of benzene rings is 3. The normalized spacial score (nSPS) is 16.7. The van der Waals surface area contributed by atoms with Crippen LogP contribution in [0.2, 0.25) is 0 Å². The smallest absolute Gasteiger partial charge is 0.339 e. The molecule has 3 aromatic rings. The zero-order valence-electron chi connectivity index (χ0n) is 18.0. The standard InChI is InChI=1S/C25H21FN2O5S/c26-21-7-3-4-8-22(21)34(31,32)27-18-11-9-17(10-12-18)23(29)28-15-13-25(14-16-28)20-6-2-1-5-19(20)24(30)33-25/h1-12,27H,13-16H2. The second kappa shape index (κ2) is 8.25. The molecule has 0 radical (unpaired) electrons. The number of likely N-dealkylation sites (tertiary alicyclic amines) is 1. The Morgan fingerprint density at radius 3 is 2.29 bits per heavy atom. The molecule has 0 aliphatic carbocycles. The van der Waals surface area contributed by atoms with E-state index in [0.717, 1.165) is 11.6 Å². The van der Waals surface area contributed by atoms with Crippen LogP contribution in [-0.2, 0) is 20.4 Å². The molecular weight excluding hydrogens is 459 g/mol. The fourth-order valence-corrected chi connectivity index (χ4v) is 5.66. The second-order valence-corrected chi connectivity index (χ2v) is 9.99. The van der Waals surface area contributed by atoms with Gasteiger partial charge in [-0.2, -0.15) is 0 Å². The summed E-state index contributed by atoms with van der Waals surface area (Å²) in [6.07, 6.45) is 1.00. The summed E-state index contributed by atoms with van der Waals surface area (Å²) in [7, 11) is -4.10. The molecule has 5 rings (SSSR count). The zero-order valence-corrected chi connectivity index (χ0v) is 18.8. The van der Waals surface area contributed by atoms with Gasteiger partial charge in [0.05, 0.1) is 5.56 Å². The number of fused-ring (bicyclic) bond motifs is 2. The van der Waals surface area contributed by atoms with Crippen molar-refractivity contribution in [2.45, 2.75) is 23.3 Å². The van der Waals surface area contributed by atoms with Crippen molar-refractivity contribution in [1.29, 1.82) is 0 Å². The quantitative estimate of drug-likeness (QED) is 0.572. The van der Waals surface area contributed by atoms with Crippen molar-refractivity contribution in [1.82, 2.24) is 4.90 Å². The predicted molar refractivity (Wildman–Crippen MR) is 122 cm³/mol. The van der Waals surface area contributed by atoms with E-state index in [1.54, 1.807) is 17.0 Å². The van der Waals surface area contributed by atoms with Crippen LogP contribution in [0, 0.1) is 5.82 Å². The van der Waals surface area contributed by atoms with Gasteiger partial charge in [0.25, 0.3) is 15.9 Å². The van der Waals surface area contributed by atoms with Gasteiger partial charge in [-0.1, -0.05) is 30.3 Å². The minimum absolute atomic E-state index is 0.198. The van der Waals surface area contributed by atoms with Gasteiger partial charge in [0.15, 0.2) is 0 Å². The number of hydrogen-bond donors (Lipinski definition) is 1. The molecule has 2 aliphatic heterocycles. The summed E-state index contributed by atoms with van der Waals surface area (Å²) in [5, 5.41) is 0. The fourth-order valence-electron chi connectivity index (χ4n) is 4.52.